The number of nitrogens with zero attached hydrogens (tertiary/aromatic N) is 1. The van der Waals surface area contributed by atoms with Gasteiger partial charge in [0.15, 0.2) is 0 Å². The third kappa shape index (κ3) is 6.83. The van der Waals surface area contributed by atoms with Crippen LogP contribution in [0.5, 0.6) is 0 Å². The summed E-state index contributed by atoms with van der Waals surface area (Å²) in [5.41, 5.74) is 19.9. The first-order valence-electron chi connectivity index (χ1n) is 23.7. The second kappa shape index (κ2) is 16.9. The Hall–Kier alpha value is -8.56. The average molecular weight is 896 g/mol. The Kier molecular flexibility index (Phi) is 10.00. The minimum Gasteiger partial charge on any atom is -0.309 e. The van der Waals surface area contributed by atoms with E-state index in [0.29, 0.717) is 0 Å². The molecule has 0 spiro atoms. The lowest BCUT2D eigenvalue weighted by Crippen LogP contribution is -2.28. The molecule has 0 radical (unpaired) electrons. The fourth-order valence-electron chi connectivity index (χ4n) is 11.0. The van der Waals surface area contributed by atoms with Crippen LogP contribution < -0.4 is 4.90 Å². The summed E-state index contributed by atoms with van der Waals surface area (Å²) in [5, 5.41) is 2.52. The van der Waals surface area contributed by atoms with Crippen molar-refractivity contribution in [3.8, 4) is 55.6 Å². The van der Waals surface area contributed by atoms with E-state index < -0.39 is 5.41 Å². The summed E-state index contributed by atoms with van der Waals surface area (Å²) in [4.78, 5) is 2.55. The van der Waals surface area contributed by atoms with Crippen LogP contribution in [0.3, 0.4) is 0 Å². The Bertz CT molecular complexity index is 3730. The highest BCUT2D eigenvalue weighted by Crippen LogP contribution is 2.63. The van der Waals surface area contributed by atoms with E-state index in [4.69, 9.17) is 0 Å². The summed E-state index contributed by atoms with van der Waals surface area (Å²) in [7, 11) is 0. The van der Waals surface area contributed by atoms with Crippen LogP contribution in [0, 0.1) is 0 Å². The highest BCUT2D eigenvalue weighted by atomic mass is 32.1. The number of benzene rings is 11. The Morgan fingerprint density at radius 1 is 0.304 bits per heavy atom. The molecule has 0 saturated heterocycles. The van der Waals surface area contributed by atoms with Crippen molar-refractivity contribution in [3.05, 3.63) is 295 Å². The monoisotopic (exact) mass is 895 g/mol. The van der Waals surface area contributed by atoms with Crippen molar-refractivity contribution in [3.63, 3.8) is 0 Å². The van der Waals surface area contributed by atoms with E-state index in [1.165, 1.54) is 104 Å². The van der Waals surface area contributed by atoms with Crippen LogP contribution in [0.2, 0.25) is 0 Å². The van der Waals surface area contributed by atoms with Gasteiger partial charge >= 0.3 is 0 Å². The molecule has 1 heterocycles. The molecule has 69 heavy (non-hydrogen) atoms. The van der Waals surface area contributed by atoms with Crippen molar-refractivity contribution in [2.24, 2.45) is 0 Å². The lowest BCUT2D eigenvalue weighted by molar-refractivity contribution is 0.770. The van der Waals surface area contributed by atoms with Crippen LogP contribution in [0.15, 0.2) is 273 Å². The standard InChI is InChI=1S/C67H45NS/c1-6-18-46(19-7-1)49-30-32-50(33-31-49)52-36-41-57(42-37-52)68(56-39-34-51(35-40-56)47-20-8-2-9-21-47)66-64-58-43-38-53(48-22-10-3-11-23-48)44-60(58)67(54-24-12-4-13-25-54,55-26-14-5-15-27-55)61(64)45-63-65(66)59-28-16-17-29-62(59)69-63/h1-45H. The van der Waals surface area contributed by atoms with Gasteiger partial charge in [-0.1, -0.05) is 231 Å². The first kappa shape index (κ1) is 40.7. The number of thiophene rings is 1. The van der Waals surface area contributed by atoms with Gasteiger partial charge < -0.3 is 4.90 Å². The zero-order valence-electron chi connectivity index (χ0n) is 37.8. The molecule has 0 N–H and O–H groups in total. The zero-order chi connectivity index (χ0) is 45.7. The van der Waals surface area contributed by atoms with Crippen molar-refractivity contribution in [1.82, 2.24) is 0 Å². The fraction of sp³-hybridized carbons (Fsp3) is 0.0149. The van der Waals surface area contributed by atoms with Crippen LogP contribution in [0.4, 0.5) is 17.1 Å². The van der Waals surface area contributed by atoms with E-state index in [0.717, 1.165) is 11.4 Å². The Labute approximate surface area is 407 Å². The summed E-state index contributed by atoms with van der Waals surface area (Å²) < 4.78 is 2.54. The smallest absolute Gasteiger partial charge is 0.0715 e. The highest BCUT2D eigenvalue weighted by molar-refractivity contribution is 7.26. The minimum absolute atomic E-state index is 0.629. The maximum Gasteiger partial charge on any atom is 0.0715 e. The summed E-state index contributed by atoms with van der Waals surface area (Å²) in [6, 6.07) is 101. The molecule has 0 amide bonds. The van der Waals surface area contributed by atoms with Crippen LogP contribution in [0.25, 0.3) is 75.8 Å². The van der Waals surface area contributed by atoms with Crippen LogP contribution >= 0.6 is 11.3 Å². The predicted octanol–water partition coefficient (Wildman–Crippen LogP) is 18.6. The lowest BCUT2D eigenvalue weighted by Gasteiger charge is -2.35. The van der Waals surface area contributed by atoms with E-state index in [-0.39, 0.29) is 0 Å². The molecule has 0 unspecified atom stereocenters. The Morgan fingerprint density at radius 2 is 0.696 bits per heavy atom. The summed E-state index contributed by atoms with van der Waals surface area (Å²) in [5.74, 6) is 0. The topological polar surface area (TPSA) is 3.24 Å². The number of fused-ring (bicyclic) bond motifs is 6. The van der Waals surface area contributed by atoms with Gasteiger partial charge in [-0.25, -0.2) is 0 Å². The normalized spacial score (nSPS) is 12.5. The molecule has 0 atom stereocenters. The first-order valence-corrected chi connectivity index (χ1v) is 24.6. The quantitative estimate of drug-likeness (QED) is 0.140. The number of hydrogen-bond acceptors (Lipinski definition) is 2. The predicted molar refractivity (Wildman–Crippen MR) is 293 cm³/mol. The van der Waals surface area contributed by atoms with E-state index in [1.807, 2.05) is 11.3 Å². The van der Waals surface area contributed by atoms with Crippen molar-refractivity contribution < 1.29 is 0 Å². The second-order valence-corrected chi connectivity index (χ2v) is 19.0. The van der Waals surface area contributed by atoms with Gasteiger partial charge in [-0.15, -0.1) is 11.3 Å². The second-order valence-electron chi connectivity index (χ2n) is 18.0. The molecule has 13 rings (SSSR count). The van der Waals surface area contributed by atoms with Crippen molar-refractivity contribution in [1.29, 1.82) is 0 Å². The van der Waals surface area contributed by atoms with Gasteiger partial charge in [-0.3, -0.25) is 0 Å². The summed E-state index contributed by atoms with van der Waals surface area (Å²) >= 11 is 1.89. The highest BCUT2D eigenvalue weighted by Gasteiger charge is 2.48. The lowest BCUT2D eigenvalue weighted by atomic mass is 9.67. The van der Waals surface area contributed by atoms with Gasteiger partial charge in [0.1, 0.15) is 0 Å². The number of hydrogen-bond donors (Lipinski definition) is 0. The van der Waals surface area contributed by atoms with Gasteiger partial charge in [-0.05, 0) is 115 Å². The molecule has 0 saturated carbocycles. The van der Waals surface area contributed by atoms with Crippen molar-refractivity contribution >= 4 is 48.6 Å². The van der Waals surface area contributed by atoms with Crippen molar-refractivity contribution in [2.45, 2.75) is 5.41 Å². The molecule has 1 aliphatic rings. The van der Waals surface area contributed by atoms with Gasteiger partial charge in [0.25, 0.3) is 0 Å². The van der Waals surface area contributed by atoms with E-state index in [9.17, 15) is 0 Å². The van der Waals surface area contributed by atoms with Crippen LogP contribution in [-0.2, 0) is 5.41 Å². The maximum absolute atomic E-state index is 2.55. The first-order chi connectivity index (χ1) is 34.2. The molecule has 324 valence electrons. The van der Waals surface area contributed by atoms with Gasteiger partial charge in [-0.2, -0.15) is 0 Å². The molecule has 11 aromatic carbocycles. The van der Waals surface area contributed by atoms with Crippen LogP contribution in [-0.4, -0.2) is 0 Å². The molecule has 2 heteroatoms. The molecule has 0 bridgehead atoms. The fourth-order valence-corrected chi connectivity index (χ4v) is 12.1. The Morgan fingerprint density at radius 3 is 1.19 bits per heavy atom. The van der Waals surface area contributed by atoms with Crippen molar-refractivity contribution in [2.75, 3.05) is 4.90 Å². The maximum atomic E-state index is 2.55. The van der Waals surface area contributed by atoms with Crippen LogP contribution in [0.1, 0.15) is 22.3 Å². The van der Waals surface area contributed by atoms with Gasteiger partial charge in [0.05, 0.1) is 11.1 Å². The molecular formula is C67H45NS. The largest absolute Gasteiger partial charge is 0.309 e. The number of rotatable bonds is 9. The van der Waals surface area contributed by atoms with Gasteiger partial charge in [0.2, 0.25) is 0 Å². The van der Waals surface area contributed by atoms with E-state index >= 15 is 0 Å². The summed E-state index contributed by atoms with van der Waals surface area (Å²) in [6.45, 7) is 0. The molecular weight excluding hydrogens is 851 g/mol. The van der Waals surface area contributed by atoms with E-state index in [1.54, 1.807) is 0 Å². The summed E-state index contributed by atoms with van der Waals surface area (Å²) in [6.07, 6.45) is 0. The third-order valence-electron chi connectivity index (χ3n) is 14.2. The molecule has 0 aliphatic heterocycles. The zero-order valence-corrected chi connectivity index (χ0v) is 38.7. The third-order valence-corrected chi connectivity index (χ3v) is 15.3. The molecule has 1 aromatic heterocycles. The molecule has 12 aromatic rings. The SMILES string of the molecule is c1ccc(-c2ccc(-c3ccc(N(c4ccc(-c5ccccc5)cc4)c4c5c(cc6sc7ccccc7c46)C(c4ccccc4)(c4ccccc4)c4cc(-c6ccccc6)ccc4-5)cc3)cc2)cc1. The molecule has 0 fully saturated rings. The molecule has 1 nitrogen and oxygen atoms in total. The van der Waals surface area contributed by atoms with E-state index in [2.05, 4.69) is 278 Å². The average Bonchev–Trinajstić information content (AvgIpc) is 3.95. The van der Waals surface area contributed by atoms with Gasteiger partial charge in [0, 0.05) is 37.1 Å². The minimum atomic E-state index is -0.629. The Balaban J connectivity index is 1.11. The molecule has 1 aliphatic carbocycles. The number of anilines is 3.